The van der Waals surface area contributed by atoms with Crippen molar-refractivity contribution in [3.63, 3.8) is 0 Å². The van der Waals surface area contributed by atoms with Crippen LogP contribution in [0.1, 0.15) is 30.1 Å². The Hall–Kier alpha value is -1.59. The monoisotopic (exact) mass is 285 g/mol. The van der Waals surface area contributed by atoms with Gasteiger partial charge in [0.15, 0.2) is 0 Å². The van der Waals surface area contributed by atoms with Gasteiger partial charge in [0.2, 0.25) is 5.91 Å². The van der Waals surface area contributed by atoms with Crippen LogP contribution in [0.5, 0.6) is 0 Å². The van der Waals surface area contributed by atoms with E-state index in [1.807, 2.05) is 0 Å². The number of carbonyl (C=O) groups excluding carboxylic acids is 2. The van der Waals surface area contributed by atoms with E-state index in [0.29, 0.717) is 30.8 Å². The molecule has 0 radical (unpaired) electrons. The molecule has 0 aliphatic heterocycles. The Morgan fingerprint density at radius 1 is 1.32 bits per heavy atom. The third kappa shape index (κ3) is 6.22. The maximum absolute atomic E-state index is 11.8. The normalized spacial score (nSPS) is 9.37. The van der Waals surface area contributed by atoms with Crippen molar-refractivity contribution in [2.45, 2.75) is 19.8 Å². The molecule has 19 heavy (non-hydrogen) atoms. The van der Waals surface area contributed by atoms with Gasteiger partial charge in [0.05, 0.1) is 0 Å². The van der Waals surface area contributed by atoms with E-state index in [-0.39, 0.29) is 24.2 Å². The lowest BCUT2D eigenvalue weighted by Gasteiger charge is -2.07. The second-order valence-corrected chi connectivity index (χ2v) is 3.88. The average molecular weight is 286 g/mol. The molecule has 1 aromatic carbocycles. The fourth-order valence-electron chi connectivity index (χ4n) is 1.39. The molecule has 0 saturated carbocycles. The van der Waals surface area contributed by atoms with Crippen molar-refractivity contribution < 1.29 is 9.59 Å². The molecular formula is C13H20ClN3O2. The summed E-state index contributed by atoms with van der Waals surface area (Å²) in [6.07, 6.45) is 1.16. The number of amides is 2. The van der Waals surface area contributed by atoms with Gasteiger partial charge < -0.3 is 16.4 Å². The highest BCUT2D eigenvalue weighted by atomic mass is 35.5. The lowest BCUT2D eigenvalue weighted by atomic mass is 10.2. The number of nitrogens with two attached hydrogens (primary N) is 1. The third-order valence-corrected chi connectivity index (χ3v) is 2.40. The molecule has 6 heteroatoms. The summed E-state index contributed by atoms with van der Waals surface area (Å²) in [5.41, 5.74) is 6.51. The number of hydrogen-bond donors (Lipinski definition) is 3. The number of halogens is 1. The fraction of sp³-hybridized carbons (Fsp3) is 0.385. The Morgan fingerprint density at radius 3 is 2.68 bits per heavy atom. The zero-order valence-electron chi connectivity index (χ0n) is 10.9. The van der Waals surface area contributed by atoms with Crippen molar-refractivity contribution in [3.8, 4) is 0 Å². The number of anilines is 1. The molecule has 1 rings (SSSR count). The highest BCUT2D eigenvalue weighted by Gasteiger charge is 2.06. The predicted molar refractivity (Wildman–Crippen MR) is 78.6 cm³/mol. The summed E-state index contributed by atoms with van der Waals surface area (Å²) in [7, 11) is 0. The maximum Gasteiger partial charge on any atom is 0.251 e. The Kier molecular flexibility index (Phi) is 8.57. The second-order valence-electron chi connectivity index (χ2n) is 3.88. The quantitative estimate of drug-likeness (QED) is 0.693. The van der Waals surface area contributed by atoms with Crippen molar-refractivity contribution >= 4 is 29.9 Å². The minimum atomic E-state index is -0.156. The molecule has 106 valence electrons. The lowest BCUT2D eigenvalue weighted by molar-refractivity contribution is -0.115. The number of carbonyl (C=O) groups is 2. The van der Waals surface area contributed by atoms with Crippen LogP contribution in [0.2, 0.25) is 0 Å². The molecule has 0 heterocycles. The molecule has 0 saturated heterocycles. The molecule has 0 aromatic heterocycles. The first-order chi connectivity index (χ1) is 8.67. The van der Waals surface area contributed by atoms with Crippen LogP contribution in [0, 0.1) is 0 Å². The van der Waals surface area contributed by atoms with Crippen LogP contribution in [-0.4, -0.2) is 24.9 Å². The Labute approximate surface area is 119 Å². The van der Waals surface area contributed by atoms with Crippen molar-refractivity contribution in [2.75, 3.05) is 18.4 Å². The number of hydrogen-bond acceptors (Lipinski definition) is 3. The molecule has 0 fully saturated rings. The van der Waals surface area contributed by atoms with Gasteiger partial charge in [-0.3, -0.25) is 9.59 Å². The van der Waals surface area contributed by atoms with Crippen molar-refractivity contribution in [1.82, 2.24) is 5.32 Å². The molecule has 2 amide bonds. The first-order valence-corrected chi connectivity index (χ1v) is 6.05. The van der Waals surface area contributed by atoms with Crippen LogP contribution >= 0.6 is 12.4 Å². The second kappa shape index (κ2) is 9.35. The Bertz CT molecular complexity index is 424. The number of rotatable bonds is 6. The van der Waals surface area contributed by atoms with Gasteiger partial charge in [-0.05, 0) is 31.2 Å². The highest BCUT2D eigenvalue weighted by Crippen LogP contribution is 2.10. The lowest BCUT2D eigenvalue weighted by Crippen LogP contribution is -2.26. The predicted octanol–water partition coefficient (Wildman–Crippen LogP) is 1.54. The molecule has 0 aliphatic rings. The van der Waals surface area contributed by atoms with E-state index in [2.05, 4.69) is 10.6 Å². The van der Waals surface area contributed by atoms with Crippen LogP contribution in [0.4, 0.5) is 5.69 Å². The largest absolute Gasteiger partial charge is 0.352 e. The van der Waals surface area contributed by atoms with Crippen LogP contribution in [-0.2, 0) is 4.79 Å². The van der Waals surface area contributed by atoms with E-state index in [1.165, 1.54) is 0 Å². The maximum atomic E-state index is 11.8. The topological polar surface area (TPSA) is 84.2 Å². The van der Waals surface area contributed by atoms with Crippen LogP contribution in [0.3, 0.4) is 0 Å². The summed E-state index contributed by atoms with van der Waals surface area (Å²) in [6.45, 7) is 2.88. The summed E-state index contributed by atoms with van der Waals surface area (Å²) in [4.78, 5) is 23.0. The smallest absolute Gasteiger partial charge is 0.251 e. The Morgan fingerprint density at radius 2 is 2.05 bits per heavy atom. The van der Waals surface area contributed by atoms with Crippen LogP contribution < -0.4 is 16.4 Å². The summed E-state index contributed by atoms with van der Waals surface area (Å²) in [6, 6.07) is 6.86. The minimum Gasteiger partial charge on any atom is -0.352 e. The van der Waals surface area contributed by atoms with Gasteiger partial charge in [0.1, 0.15) is 0 Å². The number of benzene rings is 1. The van der Waals surface area contributed by atoms with Gasteiger partial charge in [-0.15, -0.1) is 12.4 Å². The number of nitrogens with one attached hydrogen (secondary N) is 2. The molecule has 5 nitrogen and oxygen atoms in total. The van der Waals surface area contributed by atoms with Crippen molar-refractivity contribution in [3.05, 3.63) is 29.8 Å². The molecule has 4 N–H and O–H groups in total. The molecule has 0 spiro atoms. The molecule has 0 bridgehead atoms. The van der Waals surface area contributed by atoms with Gasteiger partial charge in [-0.25, -0.2) is 0 Å². The van der Waals surface area contributed by atoms with E-state index in [0.717, 1.165) is 6.42 Å². The minimum absolute atomic E-state index is 0. The van der Waals surface area contributed by atoms with E-state index >= 15 is 0 Å². The molecule has 0 unspecified atom stereocenters. The average Bonchev–Trinajstić information content (AvgIpc) is 2.39. The summed E-state index contributed by atoms with van der Waals surface area (Å²) in [5, 5.41) is 5.48. The molecule has 0 aliphatic carbocycles. The highest BCUT2D eigenvalue weighted by molar-refractivity contribution is 5.97. The van der Waals surface area contributed by atoms with E-state index in [9.17, 15) is 9.59 Å². The first kappa shape index (κ1) is 17.4. The van der Waals surface area contributed by atoms with E-state index < -0.39 is 0 Å². The van der Waals surface area contributed by atoms with Gasteiger partial charge in [0, 0.05) is 24.2 Å². The third-order valence-electron chi connectivity index (χ3n) is 2.40. The van der Waals surface area contributed by atoms with Gasteiger partial charge >= 0.3 is 0 Å². The van der Waals surface area contributed by atoms with Gasteiger partial charge in [0.25, 0.3) is 5.91 Å². The Balaban J connectivity index is 0.00000324. The van der Waals surface area contributed by atoms with Gasteiger partial charge in [-0.1, -0.05) is 13.0 Å². The van der Waals surface area contributed by atoms with Crippen LogP contribution in [0.15, 0.2) is 24.3 Å². The zero-order chi connectivity index (χ0) is 13.4. The van der Waals surface area contributed by atoms with E-state index in [1.54, 1.807) is 31.2 Å². The molecular weight excluding hydrogens is 266 g/mol. The van der Waals surface area contributed by atoms with Crippen molar-refractivity contribution in [1.29, 1.82) is 0 Å². The molecule has 1 aromatic rings. The van der Waals surface area contributed by atoms with Crippen molar-refractivity contribution in [2.24, 2.45) is 5.73 Å². The summed E-state index contributed by atoms with van der Waals surface area (Å²) < 4.78 is 0. The fourth-order valence-corrected chi connectivity index (χ4v) is 1.39. The first-order valence-electron chi connectivity index (χ1n) is 6.05. The van der Waals surface area contributed by atoms with Crippen LogP contribution in [0.25, 0.3) is 0 Å². The summed E-state index contributed by atoms with van der Waals surface area (Å²) >= 11 is 0. The SMILES string of the molecule is CCC(=O)Nc1cccc(C(=O)NCCCN)c1.Cl. The zero-order valence-corrected chi connectivity index (χ0v) is 11.8. The summed E-state index contributed by atoms with van der Waals surface area (Å²) in [5.74, 6) is -0.230. The molecule has 0 atom stereocenters. The standard InChI is InChI=1S/C13H19N3O2.ClH/c1-2-12(17)16-11-6-3-5-10(9-11)13(18)15-8-4-7-14;/h3,5-6,9H,2,4,7-8,14H2,1H3,(H,15,18)(H,16,17);1H. The van der Waals surface area contributed by atoms with E-state index in [4.69, 9.17) is 5.73 Å². The van der Waals surface area contributed by atoms with Gasteiger partial charge in [-0.2, -0.15) is 0 Å².